The summed E-state index contributed by atoms with van der Waals surface area (Å²) in [6.45, 7) is 6.36. The molecule has 1 aliphatic carbocycles. The zero-order valence-electron chi connectivity index (χ0n) is 17.6. The van der Waals surface area contributed by atoms with Crippen molar-refractivity contribution in [2.45, 2.75) is 32.6 Å². The van der Waals surface area contributed by atoms with Gasteiger partial charge in [-0.2, -0.15) is 0 Å². The van der Waals surface area contributed by atoms with Crippen molar-refractivity contribution in [3.63, 3.8) is 0 Å². The molecule has 2 fully saturated rings. The van der Waals surface area contributed by atoms with Gasteiger partial charge in [-0.1, -0.05) is 48.3 Å². The van der Waals surface area contributed by atoms with Crippen LogP contribution in [0.15, 0.2) is 34.9 Å². The molecule has 0 unspecified atom stereocenters. The first-order chi connectivity index (χ1) is 14.6. The lowest BCUT2D eigenvalue weighted by atomic mass is 10.1. The molecule has 2 aromatic rings. The third kappa shape index (κ3) is 4.56. The Kier molecular flexibility index (Phi) is 6.47. The van der Waals surface area contributed by atoms with Crippen LogP contribution in [0.25, 0.3) is 11.3 Å². The van der Waals surface area contributed by atoms with Crippen LogP contribution in [0.4, 0.5) is 0 Å². The Morgan fingerprint density at radius 2 is 1.80 bits per heavy atom. The number of carbonyl (C=O) groups is 2. The van der Waals surface area contributed by atoms with Crippen LogP contribution in [0.2, 0.25) is 0 Å². The maximum atomic E-state index is 12.8. The average molecular weight is 411 g/mol. The van der Waals surface area contributed by atoms with Crippen LogP contribution < -0.4 is 5.32 Å². The number of nitrogens with zero attached hydrogens (tertiary/aromatic N) is 3. The van der Waals surface area contributed by atoms with Crippen molar-refractivity contribution in [2.24, 2.45) is 5.92 Å². The van der Waals surface area contributed by atoms with E-state index in [9.17, 15) is 9.59 Å². The van der Waals surface area contributed by atoms with Gasteiger partial charge in [0.05, 0.1) is 0 Å². The van der Waals surface area contributed by atoms with E-state index in [2.05, 4.69) is 15.4 Å². The molecule has 0 bridgehead atoms. The quantitative estimate of drug-likeness (QED) is 0.792. The molecule has 0 atom stereocenters. The van der Waals surface area contributed by atoms with Crippen LogP contribution in [-0.2, 0) is 4.79 Å². The SMILES string of the molecule is Cc1onc(-c2ccccc2)c1C(=O)NCCN1CCN(C(=O)C2CCCC2)CC1. The van der Waals surface area contributed by atoms with Gasteiger partial charge in [0.1, 0.15) is 17.0 Å². The molecule has 160 valence electrons. The molecule has 1 saturated carbocycles. The van der Waals surface area contributed by atoms with E-state index >= 15 is 0 Å². The number of nitrogens with one attached hydrogen (secondary N) is 1. The van der Waals surface area contributed by atoms with Crippen molar-refractivity contribution in [1.82, 2.24) is 20.3 Å². The number of rotatable bonds is 6. The van der Waals surface area contributed by atoms with Crippen molar-refractivity contribution < 1.29 is 14.1 Å². The topological polar surface area (TPSA) is 78.7 Å². The predicted octanol–water partition coefficient (Wildman–Crippen LogP) is 2.71. The van der Waals surface area contributed by atoms with Crippen molar-refractivity contribution in [2.75, 3.05) is 39.3 Å². The molecule has 7 heteroatoms. The van der Waals surface area contributed by atoms with E-state index in [1.165, 1.54) is 12.8 Å². The summed E-state index contributed by atoms with van der Waals surface area (Å²) >= 11 is 0. The first-order valence-electron chi connectivity index (χ1n) is 10.9. The number of piperazine rings is 1. The Labute approximate surface area is 177 Å². The lowest BCUT2D eigenvalue weighted by Gasteiger charge is -2.36. The third-order valence-corrected chi connectivity index (χ3v) is 6.24. The first kappa shape index (κ1) is 20.6. The van der Waals surface area contributed by atoms with Gasteiger partial charge >= 0.3 is 0 Å². The Morgan fingerprint density at radius 1 is 1.10 bits per heavy atom. The number of carbonyl (C=O) groups excluding carboxylic acids is 2. The van der Waals surface area contributed by atoms with Crippen LogP contribution in [0.3, 0.4) is 0 Å². The average Bonchev–Trinajstić information content (AvgIpc) is 3.44. The maximum absolute atomic E-state index is 12.8. The highest BCUT2D eigenvalue weighted by molar-refractivity contribution is 6.00. The normalized spacial score (nSPS) is 18.0. The summed E-state index contributed by atoms with van der Waals surface area (Å²) in [6.07, 6.45) is 4.48. The molecule has 2 aliphatic rings. The highest BCUT2D eigenvalue weighted by Gasteiger charge is 2.29. The summed E-state index contributed by atoms with van der Waals surface area (Å²) in [5.41, 5.74) is 1.93. The van der Waals surface area contributed by atoms with Crippen LogP contribution in [0.1, 0.15) is 41.8 Å². The van der Waals surface area contributed by atoms with Gasteiger partial charge in [-0.25, -0.2) is 0 Å². The zero-order chi connectivity index (χ0) is 20.9. The van der Waals surface area contributed by atoms with E-state index in [0.29, 0.717) is 29.5 Å². The number of benzene rings is 1. The van der Waals surface area contributed by atoms with Crippen molar-refractivity contribution in [3.05, 3.63) is 41.7 Å². The molecule has 1 aliphatic heterocycles. The predicted molar refractivity (Wildman–Crippen MR) is 114 cm³/mol. The van der Waals surface area contributed by atoms with E-state index < -0.39 is 0 Å². The van der Waals surface area contributed by atoms with Crippen molar-refractivity contribution >= 4 is 11.8 Å². The summed E-state index contributed by atoms with van der Waals surface area (Å²) in [7, 11) is 0. The van der Waals surface area contributed by atoms with Crippen LogP contribution in [-0.4, -0.2) is 66.0 Å². The molecule has 0 radical (unpaired) electrons. The van der Waals surface area contributed by atoms with Crippen molar-refractivity contribution in [1.29, 1.82) is 0 Å². The summed E-state index contributed by atoms with van der Waals surface area (Å²) in [5, 5.41) is 7.08. The number of aryl methyl sites for hydroxylation is 1. The molecule has 30 heavy (non-hydrogen) atoms. The van der Waals surface area contributed by atoms with E-state index in [1.807, 2.05) is 35.2 Å². The Hall–Kier alpha value is -2.67. The number of amides is 2. The lowest BCUT2D eigenvalue weighted by molar-refractivity contribution is -0.137. The summed E-state index contributed by atoms with van der Waals surface area (Å²) in [5.74, 6) is 0.950. The fourth-order valence-corrected chi connectivity index (χ4v) is 4.47. The van der Waals surface area contributed by atoms with Gasteiger partial charge in [0.15, 0.2) is 0 Å². The molecule has 1 saturated heterocycles. The van der Waals surface area contributed by atoms with E-state index in [-0.39, 0.29) is 11.8 Å². The second-order valence-electron chi connectivity index (χ2n) is 8.23. The molecule has 7 nitrogen and oxygen atoms in total. The molecule has 0 spiro atoms. The largest absolute Gasteiger partial charge is 0.360 e. The second-order valence-corrected chi connectivity index (χ2v) is 8.23. The van der Waals surface area contributed by atoms with Gasteiger partial charge in [0, 0.05) is 50.7 Å². The molecule has 4 rings (SSSR count). The van der Waals surface area contributed by atoms with Crippen LogP contribution >= 0.6 is 0 Å². The molecule has 1 aromatic heterocycles. The number of aromatic nitrogens is 1. The van der Waals surface area contributed by atoms with Gasteiger partial charge < -0.3 is 14.7 Å². The van der Waals surface area contributed by atoms with Crippen LogP contribution in [0.5, 0.6) is 0 Å². The summed E-state index contributed by atoms with van der Waals surface area (Å²) in [4.78, 5) is 29.7. The zero-order valence-corrected chi connectivity index (χ0v) is 17.6. The van der Waals surface area contributed by atoms with E-state index in [4.69, 9.17) is 4.52 Å². The van der Waals surface area contributed by atoms with E-state index in [0.717, 1.165) is 51.1 Å². The molecule has 2 heterocycles. The third-order valence-electron chi connectivity index (χ3n) is 6.24. The first-order valence-corrected chi connectivity index (χ1v) is 10.9. The molecular formula is C23H30N4O3. The number of hydrogen-bond acceptors (Lipinski definition) is 5. The van der Waals surface area contributed by atoms with Gasteiger partial charge in [-0.15, -0.1) is 0 Å². The number of hydrogen-bond donors (Lipinski definition) is 1. The molecule has 1 N–H and O–H groups in total. The van der Waals surface area contributed by atoms with Gasteiger partial charge in [0.2, 0.25) is 5.91 Å². The highest BCUT2D eigenvalue weighted by atomic mass is 16.5. The lowest BCUT2D eigenvalue weighted by Crippen LogP contribution is -2.51. The molecule has 2 amide bonds. The summed E-state index contributed by atoms with van der Waals surface area (Å²) in [6, 6.07) is 9.59. The minimum Gasteiger partial charge on any atom is -0.360 e. The van der Waals surface area contributed by atoms with Gasteiger partial charge in [0.25, 0.3) is 5.91 Å². The standard InChI is InChI=1S/C23H30N4O3/c1-17-20(21(25-30-17)18-7-3-2-4-8-18)22(28)24-11-12-26-13-15-27(16-14-26)23(29)19-9-5-6-10-19/h2-4,7-8,19H,5-6,9-16H2,1H3,(H,24,28). The fourth-order valence-electron chi connectivity index (χ4n) is 4.47. The minimum absolute atomic E-state index is 0.164. The molecule has 1 aromatic carbocycles. The fraction of sp³-hybridized carbons (Fsp3) is 0.522. The minimum atomic E-state index is -0.164. The smallest absolute Gasteiger partial charge is 0.257 e. The molecular weight excluding hydrogens is 380 g/mol. The maximum Gasteiger partial charge on any atom is 0.257 e. The monoisotopic (exact) mass is 410 g/mol. The Bertz CT molecular complexity index is 866. The Balaban J connectivity index is 1.25. The van der Waals surface area contributed by atoms with Crippen LogP contribution in [0, 0.1) is 12.8 Å². The van der Waals surface area contributed by atoms with E-state index in [1.54, 1.807) is 6.92 Å². The second kappa shape index (κ2) is 9.43. The van der Waals surface area contributed by atoms with Gasteiger partial charge in [-0.3, -0.25) is 14.5 Å². The highest BCUT2D eigenvalue weighted by Crippen LogP contribution is 2.27. The van der Waals surface area contributed by atoms with Crippen molar-refractivity contribution in [3.8, 4) is 11.3 Å². The Morgan fingerprint density at radius 3 is 2.50 bits per heavy atom. The van der Waals surface area contributed by atoms with Gasteiger partial charge in [-0.05, 0) is 19.8 Å². The summed E-state index contributed by atoms with van der Waals surface area (Å²) < 4.78 is 5.29.